The monoisotopic (exact) mass is 274 g/mol. The van der Waals surface area contributed by atoms with E-state index in [-0.39, 0.29) is 5.54 Å². The molecule has 0 aliphatic heterocycles. The van der Waals surface area contributed by atoms with Gasteiger partial charge in [0, 0.05) is 10.4 Å². The largest absolute Gasteiger partial charge is 0.357 e. The molecule has 0 unspecified atom stereocenters. The number of hydrogen-bond acceptors (Lipinski definition) is 3. The Hall–Kier alpha value is -1.35. The van der Waals surface area contributed by atoms with Crippen LogP contribution in [0.4, 0.5) is 5.13 Å². The van der Waals surface area contributed by atoms with Crippen LogP contribution in [0.2, 0.25) is 0 Å². The van der Waals surface area contributed by atoms with Gasteiger partial charge in [-0.15, -0.1) is 11.3 Å². The van der Waals surface area contributed by atoms with Gasteiger partial charge >= 0.3 is 0 Å². The molecule has 2 rings (SSSR count). The number of anilines is 1. The first-order valence-corrected chi connectivity index (χ1v) is 7.54. The average Bonchev–Trinajstić information content (AvgIpc) is 2.66. The van der Waals surface area contributed by atoms with Crippen LogP contribution < -0.4 is 5.32 Å². The molecule has 0 amide bonds. The summed E-state index contributed by atoms with van der Waals surface area (Å²) in [6, 6.07) is 10.6. The number of rotatable bonds is 5. The Kier molecular flexibility index (Phi) is 4.25. The van der Waals surface area contributed by atoms with Crippen LogP contribution in [0.5, 0.6) is 0 Å². The first-order valence-electron chi connectivity index (χ1n) is 6.72. The summed E-state index contributed by atoms with van der Waals surface area (Å²) in [6.45, 7) is 8.66. The van der Waals surface area contributed by atoms with Crippen molar-refractivity contribution in [3.05, 3.63) is 46.5 Å². The van der Waals surface area contributed by atoms with Gasteiger partial charge in [0.15, 0.2) is 5.13 Å². The van der Waals surface area contributed by atoms with Gasteiger partial charge in [-0.2, -0.15) is 0 Å². The van der Waals surface area contributed by atoms with Gasteiger partial charge in [0.1, 0.15) is 0 Å². The third-order valence-corrected chi connectivity index (χ3v) is 4.34. The van der Waals surface area contributed by atoms with Gasteiger partial charge in [-0.05, 0) is 46.1 Å². The van der Waals surface area contributed by atoms with Crippen molar-refractivity contribution < 1.29 is 0 Å². The van der Waals surface area contributed by atoms with E-state index < -0.39 is 0 Å². The molecule has 0 atom stereocenters. The second-order valence-corrected chi connectivity index (χ2v) is 6.86. The highest BCUT2D eigenvalue weighted by atomic mass is 32.1. The third-order valence-electron chi connectivity index (χ3n) is 3.36. The maximum Gasteiger partial charge on any atom is 0.183 e. The molecule has 0 aliphatic rings. The fourth-order valence-corrected chi connectivity index (χ4v) is 2.97. The quantitative estimate of drug-likeness (QED) is 0.863. The van der Waals surface area contributed by atoms with Crippen molar-refractivity contribution >= 4 is 16.5 Å². The predicted octanol–water partition coefficient (Wildman–Crippen LogP) is 4.58. The Morgan fingerprint density at radius 3 is 2.42 bits per heavy atom. The minimum atomic E-state index is 0.0621. The normalized spacial score (nSPS) is 11.6. The molecule has 19 heavy (non-hydrogen) atoms. The van der Waals surface area contributed by atoms with Gasteiger partial charge in [0.2, 0.25) is 0 Å². The van der Waals surface area contributed by atoms with Crippen molar-refractivity contribution in [1.29, 1.82) is 0 Å². The molecule has 0 bridgehead atoms. The van der Waals surface area contributed by atoms with Crippen LogP contribution in [0.25, 0.3) is 0 Å². The first kappa shape index (κ1) is 14.1. The number of benzene rings is 1. The van der Waals surface area contributed by atoms with E-state index in [1.165, 1.54) is 10.4 Å². The summed E-state index contributed by atoms with van der Waals surface area (Å²) in [5, 5.41) is 4.59. The van der Waals surface area contributed by atoms with Crippen LogP contribution in [0, 0.1) is 13.8 Å². The molecule has 0 radical (unpaired) electrons. The van der Waals surface area contributed by atoms with E-state index in [0.29, 0.717) is 0 Å². The van der Waals surface area contributed by atoms with Crippen LogP contribution in [0.3, 0.4) is 0 Å². The average molecular weight is 274 g/mol. The first-order chi connectivity index (χ1) is 8.96. The number of nitrogens with one attached hydrogen (secondary N) is 1. The molecule has 3 heteroatoms. The third kappa shape index (κ3) is 4.06. The second-order valence-electron chi connectivity index (χ2n) is 5.66. The van der Waals surface area contributed by atoms with E-state index in [4.69, 9.17) is 0 Å². The van der Waals surface area contributed by atoms with Crippen molar-refractivity contribution in [2.75, 3.05) is 5.32 Å². The van der Waals surface area contributed by atoms with Crippen molar-refractivity contribution in [3.8, 4) is 0 Å². The molecule has 0 saturated heterocycles. The molecule has 102 valence electrons. The second kappa shape index (κ2) is 5.74. The molecule has 1 aromatic heterocycles. The highest BCUT2D eigenvalue weighted by molar-refractivity contribution is 7.15. The minimum absolute atomic E-state index is 0.0621. The Balaban J connectivity index is 1.95. The molecule has 2 aromatic rings. The van der Waals surface area contributed by atoms with E-state index in [0.717, 1.165) is 23.7 Å². The number of aromatic nitrogens is 1. The summed E-state index contributed by atoms with van der Waals surface area (Å²) in [5.74, 6) is 0. The zero-order valence-corrected chi connectivity index (χ0v) is 13.0. The van der Waals surface area contributed by atoms with Crippen LogP contribution in [-0.4, -0.2) is 10.5 Å². The summed E-state index contributed by atoms with van der Waals surface area (Å²) in [6.07, 6.45) is 2.18. The molecule has 0 saturated carbocycles. The van der Waals surface area contributed by atoms with Gasteiger partial charge in [-0.1, -0.05) is 30.3 Å². The summed E-state index contributed by atoms with van der Waals surface area (Å²) in [5.41, 5.74) is 2.59. The summed E-state index contributed by atoms with van der Waals surface area (Å²) in [4.78, 5) is 5.85. The van der Waals surface area contributed by atoms with Gasteiger partial charge < -0.3 is 5.32 Å². The van der Waals surface area contributed by atoms with Gasteiger partial charge in [0.05, 0.1) is 5.69 Å². The molecule has 1 N–H and O–H groups in total. The fraction of sp³-hybridized carbons (Fsp3) is 0.438. The van der Waals surface area contributed by atoms with Crippen LogP contribution in [0.1, 0.15) is 36.4 Å². The highest BCUT2D eigenvalue weighted by Crippen LogP contribution is 2.26. The number of nitrogens with zero attached hydrogens (tertiary/aromatic N) is 1. The lowest BCUT2D eigenvalue weighted by atomic mass is 9.95. The molecular formula is C16H22N2S. The minimum Gasteiger partial charge on any atom is -0.357 e. The molecule has 0 aliphatic carbocycles. The van der Waals surface area contributed by atoms with Crippen molar-refractivity contribution in [3.63, 3.8) is 0 Å². The van der Waals surface area contributed by atoms with E-state index in [9.17, 15) is 0 Å². The van der Waals surface area contributed by atoms with Crippen molar-refractivity contribution in [2.24, 2.45) is 0 Å². The smallest absolute Gasteiger partial charge is 0.183 e. The van der Waals surface area contributed by atoms with Gasteiger partial charge in [0.25, 0.3) is 0 Å². The maximum atomic E-state index is 4.56. The Morgan fingerprint density at radius 2 is 1.84 bits per heavy atom. The molecule has 0 fully saturated rings. The molecule has 0 spiro atoms. The SMILES string of the molecule is Cc1nc(NC(C)(C)CCc2ccccc2)sc1C. The lowest BCUT2D eigenvalue weighted by molar-refractivity contribution is 0.518. The van der Waals surface area contributed by atoms with Gasteiger partial charge in [-0.3, -0.25) is 0 Å². The standard InChI is InChI=1S/C16H22N2S/c1-12-13(2)19-15(17-12)18-16(3,4)11-10-14-8-6-5-7-9-14/h5-9H,10-11H2,1-4H3,(H,17,18). The van der Waals surface area contributed by atoms with Gasteiger partial charge in [-0.25, -0.2) is 4.98 Å². The Morgan fingerprint density at radius 1 is 1.16 bits per heavy atom. The summed E-state index contributed by atoms with van der Waals surface area (Å²) in [7, 11) is 0. The molecular weight excluding hydrogens is 252 g/mol. The van der Waals surface area contributed by atoms with E-state index in [1.54, 1.807) is 11.3 Å². The topological polar surface area (TPSA) is 24.9 Å². The van der Waals surface area contributed by atoms with Crippen LogP contribution in [-0.2, 0) is 6.42 Å². The van der Waals surface area contributed by atoms with E-state index in [2.05, 4.69) is 68.3 Å². The lowest BCUT2D eigenvalue weighted by Gasteiger charge is -2.26. The van der Waals surface area contributed by atoms with E-state index in [1.807, 2.05) is 0 Å². The lowest BCUT2D eigenvalue weighted by Crippen LogP contribution is -2.31. The predicted molar refractivity (Wildman–Crippen MR) is 84.1 cm³/mol. The fourth-order valence-electron chi connectivity index (χ4n) is 1.98. The van der Waals surface area contributed by atoms with Crippen LogP contribution >= 0.6 is 11.3 Å². The Bertz CT molecular complexity index is 509. The van der Waals surface area contributed by atoms with Crippen molar-refractivity contribution in [2.45, 2.75) is 46.1 Å². The zero-order chi connectivity index (χ0) is 13.9. The summed E-state index contributed by atoms with van der Waals surface area (Å²) < 4.78 is 0. The number of hydrogen-bond donors (Lipinski definition) is 1. The maximum absolute atomic E-state index is 4.56. The summed E-state index contributed by atoms with van der Waals surface area (Å²) >= 11 is 1.74. The molecule has 1 heterocycles. The van der Waals surface area contributed by atoms with Crippen molar-refractivity contribution in [1.82, 2.24) is 4.98 Å². The molecule has 2 nitrogen and oxygen atoms in total. The van der Waals surface area contributed by atoms with Crippen LogP contribution in [0.15, 0.2) is 30.3 Å². The number of thiazole rings is 1. The van der Waals surface area contributed by atoms with E-state index >= 15 is 0 Å². The number of aryl methyl sites for hydroxylation is 3. The zero-order valence-electron chi connectivity index (χ0n) is 12.2. The highest BCUT2D eigenvalue weighted by Gasteiger charge is 2.19. The molecule has 1 aromatic carbocycles. The Labute approximate surface area is 119 Å².